The van der Waals surface area contributed by atoms with Crippen LogP contribution in [-0.2, 0) is 6.54 Å². The van der Waals surface area contributed by atoms with E-state index in [1.54, 1.807) is 0 Å². The highest BCUT2D eigenvalue weighted by Crippen LogP contribution is 2.22. The van der Waals surface area contributed by atoms with E-state index in [9.17, 15) is 0 Å². The SMILES string of the molecule is C[C@@H](N)Cn1ccc2cc(OCC#N)ccc21. The number of benzene rings is 1. The molecule has 4 heteroatoms. The minimum absolute atomic E-state index is 0.0754. The molecule has 0 saturated carbocycles. The molecule has 2 rings (SSSR count). The molecule has 1 heterocycles. The highest BCUT2D eigenvalue weighted by atomic mass is 16.5. The van der Waals surface area contributed by atoms with Crippen molar-refractivity contribution in [1.82, 2.24) is 4.57 Å². The fourth-order valence-electron chi connectivity index (χ4n) is 1.85. The third-order valence-electron chi connectivity index (χ3n) is 2.53. The summed E-state index contributed by atoms with van der Waals surface area (Å²) in [6, 6.07) is 9.90. The Bertz CT molecular complexity index is 551. The van der Waals surface area contributed by atoms with Crippen molar-refractivity contribution >= 4 is 10.9 Å². The van der Waals surface area contributed by atoms with E-state index >= 15 is 0 Å². The van der Waals surface area contributed by atoms with Gasteiger partial charge < -0.3 is 15.0 Å². The van der Waals surface area contributed by atoms with Crippen molar-refractivity contribution in [3.05, 3.63) is 30.5 Å². The first kappa shape index (κ1) is 11.5. The molecule has 1 aromatic heterocycles. The molecule has 2 N–H and O–H groups in total. The first-order valence-corrected chi connectivity index (χ1v) is 5.55. The minimum Gasteiger partial charge on any atom is -0.479 e. The molecular formula is C13H15N3O. The van der Waals surface area contributed by atoms with Crippen molar-refractivity contribution in [2.75, 3.05) is 6.61 Å². The Labute approximate surface area is 100 Å². The van der Waals surface area contributed by atoms with Crippen LogP contribution in [0, 0.1) is 11.3 Å². The number of hydrogen-bond acceptors (Lipinski definition) is 3. The summed E-state index contributed by atoms with van der Waals surface area (Å²) >= 11 is 0. The van der Waals surface area contributed by atoms with Gasteiger partial charge in [0.2, 0.25) is 0 Å². The predicted molar refractivity (Wildman–Crippen MR) is 66.7 cm³/mol. The van der Waals surface area contributed by atoms with E-state index in [2.05, 4.69) is 4.57 Å². The second kappa shape index (κ2) is 4.89. The van der Waals surface area contributed by atoms with Crippen LogP contribution in [0.3, 0.4) is 0 Å². The number of rotatable bonds is 4. The molecule has 0 saturated heterocycles. The van der Waals surface area contributed by atoms with Crippen molar-refractivity contribution in [2.24, 2.45) is 5.73 Å². The second-order valence-corrected chi connectivity index (χ2v) is 4.11. The second-order valence-electron chi connectivity index (χ2n) is 4.11. The maximum absolute atomic E-state index is 8.45. The van der Waals surface area contributed by atoms with Crippen LogP contribution in [0.4, 0.5) is 0 Å². The average Bonchev–Trinajstić information content (AvgIpc) is 2.68. The maximum Gasteiger partial charge on any atom is 0.174 e. The summed E-state index contributed by atoms with van der Waals surface area (Å²) in [4.78, 5) is 0. The number of nitriles is 1. The molecule has 0 aliphatic heterocycles. The third-order valence-corrected chi connectivity index (χ3v) is 2.53. The van der Waals surface area contributed by atoms with E-state index < -0.39 is 0 Å². The topological polar surface area (TPSA) is 64.0 Å². The molecule has 4 nitrogen and oxygen atoms in total. The lowest BCUT2D eigenvalue weighted by Gasteiger charge is -2.08. The maximum atomic E-state index is 8.45. The van der Waals surface area contributed by atoms with Crippen molar-refractivity contribution in [2.45, 2.75) is 19.5 Å². The standard InChI is InChI=1S/C13H15N3O/c1-10(15)9-16-6-4-11-8-12(17-7-5-14)2-3-13(11)16/h2-4,6,8,10H,7,9,15H2,1H3/t10-/m1/s1. The van der Waals surface area contributed by atoms with Crippen LogP contribution in [0.5, 0.6) is 5.75 Å². The van der Waals surface area contributed by atoms with Crippen LogP contribution in [0.2, 0.25) is 0 Å². The van der Waals surface area contributed by atoms with Crippen molar-refractivity contribution in [1.29, 1.82) is 5.26 Å². The lowest BCUT2D eigenvalue weighted by Crippen LogP contribution is -2.21. The van der Waals surface area contributed by atoms with E-state index in [0.717, 1.165) is 23.2 Å². The number of hydrogen-bond donors (Lipinski definition) is 1. The van der Waals surface area contributed by atoms with Crippen LogP contribution >= 0.6 is 0 Å². The first-order valence-electron chi connectivity index (χ1n) is 5.55. The summed E-state index contributed by atoms with van der Waals surface area (Å²) in [6.45, 7) is 2.85. The van der Waals surface area contributed by atoms with Gasteiger partial charge in [0.05, 0.1) is 0 Å². The molecule has 2 aromatic rings. The molecule has 0 aliphatic rings. The van der Waals surface area contributed by atoms with Gasteiger partial charge in [0, 0.05) is 29.7 Å². The monoisotopic (exact) mass is 229 g/mol. The molecule has 0 amide bonds. The molecule has 0 fully saturated rings. The number of nitrogens with two attached hydrogens (primary N) is 1. The summed E-state index contributed by atoms with van der Waals surface area (Å²) in [6.07, 6.45) is 2.02. The van der Waals surface area contributed by atoms with E-state index in [1.807, 2.05) is 43.5 Å². The Balaban J connectivity index is 2.28. The third kappa shape index (κ3) is 2.58. The van der Waals surface area contributed by atoms with Crippen LogP contribution in [-0.4, -0.2) is 17.2 Å². The molecule has 1 aromatic carbocycles. The lowest BCUT2D eigenvalue weighted by atomic mass is 10.2. The van der Waals surface area contributed by atoms with Gasteiger partial charge in [0.15, 0.2) is 6.61 Å². The Morgan fingerprint density at radius 2 is 2.29 bits per heavy atom. The molecule has 0 aliphatic carbocycles. The van der Waals surface area contributed by atoms with Gasteiger partial charge in [-0.25, -0.2) is 0 Å². The number of fused-ring (bicyclic) bond motifs is 1. The molecule has 88 valence electrons. The smallest absolute Gasteiger partial charge is 0.174 e. The highest BCUT2D eigenvalue weighted by molar-refractivity contribution is 5.81. The summed E-state index contributed by atoms with van der Waals surface area (Å²) in [5, 5.41) is 9.55. The van der Waals surface area contributed by atoms with Crippen molar-refractivity contribution < 1.29 is 4.74 Å². The van der Waals surface area contributed by atoms with E-state index in [-0.39, 0.29) is 12.6 Å². The van der Waals surface area contributed by atoms with Gasteiger partial charge in [-0.05, 0) is 31.2 Å². The molecule has 0 radical (unpaired) electrons. The van der Waals surface area contributed by atoms with Crippen LogP contribution in [0.25, 0.3) is 10.9 Å². The Kier molecular flexibility index (Phi) is 3.31. The Morgan fingerprint density at radius 3 is 3.00 bits per heavy atom. The van der Waals surface area contributed by atoms with E-state index in [1.165, 1.54) is 0 Å². The first-order chi connectivity index (χ1) is 8.20. The lowest BCUT2D eigenvalue weighted by molar-refractivity contribution is 0.368. The van der Waals surface area contributed by atoms with Gasteiger partial charge in [0.25, 0.3) is 0 Å². The minimum atomic E-state index is 0.0754. The normalized spacial score (nSPS) is 12.3. The van der Waals surface area contributed by atoms with E-state index in [4.69, 9.17) is 15.7 Å². The van der Waals surface area contributed by atoms with Gasteiger partial charge in [-0.3, -0.25) is 0 Å². The van der Waals surface area contributed by atoms with Crippen molar-refractivity contribution in [3.63, 3.8) is 0 Å². The zero-order valence-corrected chi connectivity index (χ0v) is 9.76. The predicted octanol–water partition coefficient (Wildman–Crippen LogP) is 1.89. The zero-order valence-electron chi connectivity index (χ0n) is 9.76. The van der Waals surface area contributed by atoms with Crippen LogP contribution < -0.4 is 10.5 Å². The molecule has 0 bridgehead atoms. The summed E-state index contributed by atoms with van der Waals surface area (Å²) < 4.78 is 7.38. The average molecular weight is 229 g/mol. The Morgan fingerprint density at radius 1 is 1.47 bits per heavy atom. The largest absolute Gasteiger partial charge is 0.479 e. The van der Waals surface area contributed by atoms with E-state index in [0.29, 0.717) is 0 Å². The zero-order chi connectivity index (χ0) is 12.3. The summed E-state index contributed by atoms with van der Waals surface area (Å²) in [5.74, 6) is 0.720. The molecule has 1 atom stereocenters. The molecule has 0 unspecified atom stereocenters. The van der Waals surface area contributed by atoms with Gasteiger partial charge >= 0.3 is 0 Å². The quantitative estimate of drug-likeness (QED) is 0.870. The van der Waals surface area contributed by atoms with Gasteiger partial charge in [-0.1, -0.05) is 0 Å². The molecule has 0 spiro atoms. The number of ether oxygens (including phenoxy) is 1. The van der Waals surface area contributed by atoms with Crippen molar-refractivity contribution in [3.8, 4) is 11.8 Å². The fraction of sp³-hybridized carbons (Fsp3) is 0.308. The Hall–Kier alpha value is -1.99. The summed E-state index contributed by atoms with van der Waals surface area (Å²) in [7, 11) is 0. The fourth-order valence-corrected chi connectivity index (χ4v) is 1.85. The van der Waals surface area contributed by atoms with Crippen LogP contribution in [0.1, 0.15) is 6.92 Å². The number of aromatic nitrogens is 1. The summed E-state index contributed by atoms with van der Waals surface area (Å²) in [5.41, 5.74) is 6.92. The van der Waals surface area contributed by atoms with Gasteiger partial charge in [-0.15, -0.1) is 0 Å². The highest BCUT2D eigenvalue weighted by Gasteiger charge is 2.04. The molecular weight excluding hydrogens is 214 g/mol. The number of nitrogens with zero attached hydrogens (tertiary/aromatic N) is 2. The van der Waals surface area contributed by atoms with Gasteiger partial charge in [-0.2, -0.15) is 5.26 Å². The van der Waals surface area contributed by atoms with Crippen LogP contribution in [0.15, 0.2) is 30.5 Å². The molecule has 17 heavy (non-hydrogen) atoms. The van der Waals surface area contributed by atoms with Gasteiger partial charge in [0.1, 0.15) is 11.8 Å².